The summed E-state index contributed by atoms with van der Waals surface area (Å²) in [5.41, 5.74) is 5.40. The molecule has 0 aliphatic rings. The maximum absolute atomic E-state index is 12.8. The van der Waals surface area contributed by atoms with E-state index in [0.717, 1.165) is 64.2 Å². The number of esters is 2. The number of hydrogen-bond donors (Lipinski definition) is 2. The van der Waals surface area contributed by atoms with E-state index in [9.17, 15) is 19.0 Å². The first-order valence-electron chi connectivity index (χ1n) is 33.8. The number of rotatable bonds is 64. The van der Waals surface area contributed by atoms with Crippen LogP contribution in [0.15, 0.2) is 60.8 Å². The summed E-state index contributed by atoms with van der Waals surface area (Å²) >= 11 is 0. The fourth-order valence-corrected chi connectivity index (χ4v) is 10.7. The fourth-order valence-electron chi connectivity index (χ4n) is 9.92. The van der Waals surface area contributed by atoms with E-state index in [2.05, 4.69) is 74.6 Å². The van der Waals surface area contributed by atoms with E-state index in [1.807, 2.05) is 0 Å². The molecule has 2 atom stereocenters. The third kappa shape index (κ3) is 64.7. The maximum atomic E-state index is 12.8. The lowest BCUT2D eigenvalue weighted by atomic mass is 10.0. The molecule has 0 saturated carbocycles. The average Bonchev–Trinajstić information content (AvgIpc) is 3.44. The van der Waals surface area contributed by atoms with E-state index in [1.165, 1.54) is 238 Å². The van der Waals surface area contributed by atoms with Crippen molar-refractivity contribution in [3.63, 3.8) is 0 Å². The lowest BCUT2D eigenvalue weighted by molar-refractivity contribution is -0.161. The van der Waals surface area contributed by atoms with Gasteiger partial charge in [0.2, 0.25) is 0 Å². The second-order valence-corrected chi connectivity index (χ2v) is 24.1. The molecule has 0 radical (unpaired) electrons. The maximum Gasteiger partial charge on any atom is 0.472 e. The minimum absolute atomic E-state index is 0.0540. The second kappa shape index (κ2) is 64.9. The molecule has 0 bridgehead atoms. The van der Waals surface area contributed by atoms with Crippen LogP contribution in [-0.4, -0.2) is 49.3 Å². The van der Waals surface area contributed by atoms with Gasteiger partial charge in [0.1, 0.15) is 6.61 Å². The summed E-state index contributed by atoms with van der Waals surface area (Å²) in [6.07, 6.45) is 83.1. The number of unbranched alkanes of at least 4 members (excludes halogenated alkanes) is 41. The Balaban J connectivity index is 3.86. The van der Waals surface area contributed by atoms with Crippen LogP contribution in [-0.2, 0) is 32.7 Å². The van der Waals surface area contributed by atoms with Gasteiger partial charge in [-0.25, -0.2) is 4.57 Å². The SMILES string of the molecule is CC/C=C\C/C=C\C/C=C\C/C=C\CCCCCCCCCCCCCCCCCCC(=O)OC(COC(=O)CCCCCCCCCCCCCCCCCCC/C=C\CCCCCCCCCC)COP(=O)(O)OCCN. The Hall–Kier alpha value is -2.29. The molecule has 0 aliphatic carbocycles. The molecule has 0 amide bonds. The van der Waals surface area contributed by atoms with Gasteiger partial charge in [-0.1, -0.05) is 306 Å². The Morgan fingerprint density at radius 1 is 0.392 bits per heavy atom. The molecule has 462 valence electrons. The molecule has 79 heavy (non-hydrogen) atoms. The molecule has 0 saturated heterocycles. The highest BCUT2D eigenvalue weighted by Gasteiger charge is 2.26. The molecular formula is C69H128NO8P. The first-order valence-corrected chi connectivity index (χ1v) is 35.3. The zero-order chi connectivity index (χ0) is 57.3. The number of phosphoric ester groups is 1. The van der Waals surface area contributed by atoms with Gasteiger partial charge < -0.3 is 20.1 Å². The number of hydrogen-bond acceptors (Lipinski definition) is 8. The molecule has 3 N–H and O–H groups in total. The quantitative estimate of drug-likeness (QED) is 0.0264. The van der Waals surface area contributed by atoms with E-state index >= 15 is 0 Å². The van der Waals surface area contributed by atoms with Crippen LogP contribution in [0.5, 0.6) is 0 Å². The van der Waals surface area contributed by atoms with Crippen molar-refractivity contribution >= 4 is 19.8 Å². The summed E-state index contributed by atoms with van der Waals surface area (Å²) in [6, 6.07) is 0. The van der Waals surface area contributed by atoms with Crippen molar-refractivity contribution in [2.24, 2.45) is 5.73 Å². The van der Waals surface area contributed by atoms with Crippen LogP contribution in [0.1, 0.15) is 335 Å². The summed E-state index contributed by atoms with van der Waals surface area (Å²) in [6.45, 7) is 3.69. The minimum atomic E-state index is -4.39. The summed E-state index contributed by atoms with van der Waals surface area (Å²) in [5, 5.41) is 0. The van der Waals surface area contributed by atoms with Gasteiger partial charge >= 0.3 is 19.8 Å². The Morgan fingerprint density at radius 2 is 0.696 bits per heavy atom. The Bertz CT molecular complexity index is 1480. The molecule has 0 aliphatic heterocycles. The molecule has 0 heterocycles. The molecule has 2 unspecified atom stereocenters. The van der Waals surface area contributed by atoms with Gasteiger partial charge in [0.05, 0.1) is 13.2 Å². The lowest BCUT2D eigenvalue weighted by Crippen LogP contribution is -2.29. The van der Waals surface area contributed by atoms with Gasteiger partial charge in [-0.15, -0.1) is 0 Å². The van der Waals surface area contributed by atoms with Crippen LogP contribution in [0.3, 0.4) is 0 Å². The Kier molecular flexibility index (Phi) is 63.0. The highest BCUT2D eigenvalue weighted by Crippen LogP contribution is 2.43. The highest BCUT2D eigenvalue weighted by atomic mass is 31.2. The van der Waals surface area contributed by atoms with E-state index < -0.39 is 26.5 Å². The highest BCUT2D eigenvalue weighted by molar-refractivity contribution is 7.47. The normalized spacial score (nSPS) is 13.3. The molecular weight excluding hydrogens is 1000 g/mol. The summed E-state index contributed by atoms with van der Waals surface area (Å²) in [4.78, 5) is 35.3. The largest absolute Gasteiger partial charge is 0.472 e. The summed E-state index contributed by atoms with van der Waals surface area (Å²) < 4.78 is 33.2. The summed E-state index contributed by atoms with van der Waals surface area (Å²) in [5.74, 6) is -0.812. The van der Waals surface area contributed by atoms with Crippen LogP contribution in [0.4, 0.5) is 0 Å². The lowest BCUT2D eigenvalue weighted by Gasteiger charge is -2.19. The third-order valence-corrected chi connectivity index (χ3v) is 15.9. The van der Waals surface area contributed by atoms with Crippen LogP contribution in [0.25, 0.3) is 0 Å². The first-order chi connectivity index (χ1) is 38.8. The molecule has 0 aromatic carbocycles. The predicted molar refractivity (Wildman–Crippen MR) is 340 cm³/mol. The van der Waals surface area contributed by atoms with Crippen molar-refractivity contribution in [3.8, 4) is 0 Å². The molecule has 0 aromatic rings. The van der Waals surface area contributed by atoms with Gasteiger partial charge in [0.25, 0.3) is 0 Å². The van der Waals surface area contributed by atoms with Crippen LogP contribution < -0.4 is 5.73 Å². The van der Waals surface area contributed by atoms with E-state index in [4.69, 9.17) is 24.3 Å². The number of allylic oxidation sites excluding steroid dienone is 10. The summed E-state index contributed by atoms with van der Waals surface area (Å²) in [7, 11) is -4.39. The zero-order valence-corrected chi connectivity index (χ0v) is 52.8. The van der Waals surface area contributed by atoms with Crippen LogP contribution in [0.2, 0.25) is 0 Å². The third-order valence-electron chi connectivity index (χ3n) is 14.9. The standard InChI is InChI=1S/C69H128NO8P/c1-3-5-7-9-11-13-15-17-19-21-23-25-27-29-31-33-35-37-39-41-43-45-47-49-51-53-55-57-59-61-68(71)75-65-67(66-77-79(73,74)76-64-63-70)78-69(72)62-60-58-56-54-52-50-48-46-44-42-40-38-36-34-32-30-28-26-24-22-20-18-16-14-12-10-8-6-4-2/h6,8,12,14,18,20-21,23-24,26,67H,3-5,7,9-11,13,15-17,19,22,25,27-66,70H2,1-2H3,(H,73,74)/b8-6-,14-12-,20-18-,23-21-,26-24-. The molecule has 0 rings (SSSR count). The van der Waals surface area contributed by atoms with Crippen molar-refractivity contribution < 1.29 is 37.6 Å². The van der Waals surface area contributed by atoms with E-state index in [-0.39, 0.29) is 38.6 Å². The second-order valence-electron chi connectivity index (χ2n) is 22.7. The van der Waals surface area contributed by atoms with Crippen molar-refractivity contribution in [2.75, 3.05) is 26.4 Å². The molecule has 9 nitrogen and oxygen atoms in total. The first kappa shape index (κ1) is 76.7. The van der Waals surface area contributed by atoms with Crippen LogP contribution in [0, 0.1) is 0 Å². The molecule has 0 aromatic heterocycles. The van der Waals surface area contributed by atoms with Gasteiger partial charge in [-0.05, 0) is 77.0 Å². The van der Waals surface area contributed by atoms with Gasteiger partial charge in [0, 0.05) is 19.4 Å². The van der Waals surface area contributed by atoms with Gasteiger partial charge in [-0.2, -0.15) is 0 Å². The molecule has 0 spiro atoms. The predicted octanol–water partition coefficient (Wildman–Crippen LogP) is 21.9. The number of carbonyl (C=O) groups is 2. The number of ether oxygens (including phenoxy) is 2. The Morgan fingerprint density at radius 3 is 1.05 bits per heavy atom. The number of phosphoric acid groups is 1. The average molecular weight is 1130 g/mol. The van der Waals surface area contributed by atoms with Crippen molar-refractivity contribution in [1.82, 2.24) is 0 Å². The zero-order valence-electron chi connectivity index (χ0n) is 51.9. The van der Waals surface area contributed by atoms with Gasteiger partial charge in [-0.3, -0.25) is 18.6 Å². The van der Waals surface area contributed by atoms with Crippen molar-refractivity contribution in [1.29, 1.82) is 0 Å². The number of nitrogens with two attached hydrogens (primary N) is 1. The Labute approximate surface area is 489 Å². The van der Waals surface area contributed by atoms with Gasteiger partial charge in [0.15, 0.2) is 6.10 Å². The van der Waals surface area contributed by atoms with Crippen molar-refractivity contribution in [2.45, 2.75) is 341 Å². The fraction of sp³-hybridized carbons (Fsp3) is 0.826. The van der Waals surface area contributed by atoms with E-state index in [0.29, 0.717) is 6.42 Å². The monoisotopic (exact) mass is 1130 g/mol. The minimum Gasteiger partial charge on any atom is -0.462 e. The molecule has 0 fully saturated rings. The number of carbonyl (C=O) groups excluding carboxylic acids is 2. The molecule has 10 heteroatoms. The van der Waals surface area contributed by atoms with E-state index in [1.54, 1.807) is 0 Å². The topological polar surface area (TPSA) is 134 Å². The smallest absolute Gasteiger partial charge is 0.462 e. The van der Waals surface area contributed by atoms with Crippen LogP contribution >= 0.6 is 7.82 Å². The van der Waals surface area contributed by atoms with Crippen molar-refractivity contribution in [3.05, 3.63) is 60.8 Å².